The second-order valence-electron chi connectivity index (χ2n) is 4.25. The van der Waals surface area contributed by atoms with Crippen molar-refractivity contribution in [2.75, 3.05) is 6.61 Å². The van der Waals surface area contributed by atoms with Crippen molar-refractivity contribution < 1.29 is 5.11 Å². The number of imidazole rings is 1. The minimum atomic E-state index is 0.0358. The van der Waals surface area contributed by atoms with E-state index in [1.54, 1.807) is 0 Å². The fourth-order valence-corrected chi connectivity index (χ4v) is 1.92. The maximum Gasteiger partial charge on any atom is 0.155 e. The summed E-state index contributed by atoms with van der Waals surface area (Å²) in [6.07, 6.45) is 3.82. The van der Waals surface area contributed by atoms with Crippen LogP contribution in [0.2, 0.25) is 5.15 Å². The van der Waals surface area contributed by atoms with Crippen LogP contribution in [-0.2, 0) is 0 Å². The van der Waals surface area contributed by atoms with Gasteiger partial charge < -0.3 is 5.11 Å². The molecule has 2 aromatic heterocycles. The van der Waals surface area contributed by atoms with Gasteiger partial charge in [0.25, 0.3) is 0 Å². The average Bonchev–Trinajstić information content (AvgIpc) is 2.61. The molecule has 2 rings (SSSR count). The maximum absolute atomic E-state index is 9.32. The summed E-state index contributed by atoms with van der Waals surface area (Å²) in [5.41, 5.74) is 2.57. The molecule has 2 aromatic rings. The van der Waals surface area contributed by atoms with Crippen molar-refractivity contribution in [3.05, 3.63) is 40.8 Å². The summed E-state index contributed by atoms with van der Waals surface area (Å²) in [4.78, 5) is 4.26. The molecule has 0 amide bonds. The molecule has 0 atom stereocenters. The number of rotatable bonds is 3. The van der Waals surface area contributed by atoms with Crippen molar-refractivity contribution in [3.63, 3.8) is 0 Å². The van der Waals surface area contributed by atoms with Gasteiger partial charge >= 0.3 is 0 Å². The molecule has 0 bridgehead atoms. The van der Waals surface area contributed by atoms with E-state index in [-0.39, 0.29) is 12.5 Å². The highest BCUT2D eigenvalue weighted by atomic mass is 35.5. The second-order valence-corrected chi connectivity index (χ2v) is 4.61. The van der Waals surface area contributed by atoms with E-state index >= 15 is 0 Å². The van der Waals surface area contributed by atoms with Crippen LogP contribution in [0.15, 0.2) is 30.0 Å². The Labute approximate surface area is 105 Å². The number of aromatic nitrogens is 2. The van der Waals surface area contributed by atoms with Gasteiger partial charge in [-0.25, -0.2) is 4.98 Å². The first-order chi connectivity index (χ1) is 8.13. The first-order valence-corrected chi connectivity index (χ1v) is 5.95. The van der Waals surface area contributed by atoms with Gasteiger partial charge in [0, 0.05) is 6.20 Å². The van der Waals surface area contributed by atoms with Crippen LogP contribution in [-0.4, -0.2) is 21.1 Å². The number of pyridine rings is 1. The van der Waals surface area contributed by atoms with Crippen molar-refractivity contribution >= 4 is 23.3 Å². The topological polar surface area (TPSA) is 37.5 Å². The summed E-state index contributed by atoms with van der Waals surface area (Å²) in [6, 6.07) is 5.75. The lowest BCUT2D eigenvalue weighted by Crippen LogP contribution is -2.00. The molecule has 0 aromatic carbocycles. The number of hydrogen-bond acceptors (Lipinski definition) is 2. The molecule has 0 spiro atoms. The van der Waals surface area contributed by atoms with Crippen LogP contribution in [0.5, 0.6) is 0 Å². The minimum absolute atomic E-state index is 0.0358. The lowest BCUT2D eigenvalue weighted by molar-refractivity contribution is 0.320. The molecular formula is C13H15ClN2O. The van der Waals surface area contributed by atoms with E-state index in [1.165, 1.54) is 0 Å². The molecular weight excluding hydrogens is 236 g/mol. The van der Waals surface area contributed by atoms with Gasteiger partial charge in [-0.2, -0.15) is 0 Å². The largest absolute Gasteiger partial charge is 0.392 e. The molecule has 0 saturated heterocycles. The maximum atomic E-state index is 9.32. The molecule has 0 aliphatic heterocycles. The van der Waals surface area contributed by atoms with Crippen molar-refractivity contribution in [1.82, 2.24) is 9.38 Å². The summed E-state index contributed by atoms with van der Waals surface area (Å²) < 4.78 is 1.92. The minimum Gasteiger partial charge on any atom is -0.392 e. The summed E-state index contributed by atoms with van der Waals surface area (Å²) in [7, 11) is 0. The van der Waals surface area contributed by atoms with Crippen LogP contribution in [0.25, 0.3) is 11.7 Å². The van der Waals surface area contributed by atoms with Gasteiger partial charge in [-0.05, 0) is 29.7 Å². The summed E-state index contributed by atoms with van der Waals surface area (Å²) in [5, 5.41) is 9.78. The predicted molar refractivity (Wildman–Crippen MR) is 70.1 cm³/mol. The first-order valence-electron chi connectivity index (χ1n) is 5.57. The van der Waals surface area contributed by atoms with Crippen molar-refractivity contribution in [2.24, 2.45) is 5.92 Å². The number of aliphatic hydroxyl groups excluding tert-OH is 1. The molecule has 90 valence electrons. The zero-order chi connectivity index (χ0) is 12.4. The Morgan fingerprint density at radius 3 is 2.94 bits per heavy atom. The molecule has 0 fully saturated rings. The van der Waals surface area contributed by atoms with Crippen molar-refractivity contribution in [2.45, 2.75) is 13.8 Å². The lowest BCUT2D eigenvalue weighted by atomic mass is 10.0. The zero-order valence-corrected chi connectivity index (χ0v) is 10.6. The average molecular weight is 251 g/mol. The first kappa shape index (κ1) is 12.1. The van der Waals surface area contributed by atoms with E-state index in [2.05, 4.69) is 4.98 Å². The van der Waals surface area contributed by atoms with Crippen molar-refractivity contribution in [1.29, 1.82) is 0 Å². The monoisotopic (exact) mass is 250 g/mol. The van der Waals surface area contributed by atoms with Crippen LogP contribution in [0.1, 0.15) is 19.5 Å². The van der Waals surface area contributed by atoms with Gasteiger partial charge in [0.15, 0.2) is 5.15 Å². The Balaban J connectivity index is 2.58. The van der Waals surface area contributed by atoms with E-state index in [4.69, 9.17) is 11.6 Å². The third-order valence-electron chi connectivity index (χ3n) is 2.77. The molecule has 1 N–H and O–H groups in total. The van der Waals surface area contributed by atoms with Gasteiger partial charge in [0.2, 0.25) is 0 Å². The fraction of sp³-hybridized carbons (Fsp3) is 0.308. The normalized spacial score (nSPS) is 12.6. The smallest absolute Gasteiger partial charge is 0.155 e. The third-order valence-corrected chi connectivity index (χ3v) is 3.05. The number of hydrogen-bond donors (Lipinski definition) is 1. The highest BCUT2D eigenvalue weighted by molar-refractivity contribution is 6.31. The van der Waals surface area contributed by atoms with E-state index in [9.17, 15) is 5.11 Å². The Kier molecular flexibility index (Phi) is 3.50. The quantitative estimate of drug-likeness (QED) is 0.909. The molecule has 0 saturated carbocycles. The van der Waals surface area contributed by atoms with Crippen LogP contribution < -0.4 is 0 Å². The summed E-state index contributed by atoms with van der Waals surface area (Å²) >= 11 is 6.12. The number of fused-ring (bicyclic) bond motifs is 1. The summed E-state index contributed by atoms with van der Waals surface area (Å²) in [6.45, 7) is 4.12. The number of aliphatic hydroxyl groups is 1. The lowest BCUT2D eigenvalue weighted by Gasteiger charge is -2.07. The molecule has 3 nitrogen and oxygen atoms in total. The van der Waals surface area contributed by atoms with E-state index in [0.717, 1.165) is 16.9 Å². The standard InChI is InChI=1S/C13H15ClN2O/c1-9(2)10(8-17)7-11-13(14)15-12-5-3-4-6-16(11)12/h3-7,9,17H,8H2,1-2H3. The van der Waals surface area contributed by atoms with Crippen LogP contribution in [0.4, 0.5) is 0 Å². The van der Waals surface area contributed by atoms with Crippen LogP contribution in [0.3, 0.4) is 0 Å². The summed E-state index contributed by atoms with van der Waals surface area (Å²) in [5.74, 6) is 0.283. The van der Waals surface area contributed by atoms with Crippen LogP contribution in [0, 0.1) is 5.92 Å². The Bertz CT molecular complexity index is 558. The Morgan fingerprint density at radius 1 is 1.53 bits per heavy atom. The molecule has 0 aliphatic rings. The SMILES string of the molecule is CC(C)C(=Cc1c(Cl)nc2ccccn12)CO. The molecule has 2 heterocycles. The van der Waals surface area contributed by atoms with E-state index in [0.29, 0.717) is 5.15 Å². The molecule has 17 heavy (non-hydrogen) atoms. The van der Waals surface area contributed by atoms with Gasteiger partial charge in [0.05, 0.1) is 12.3 Å². The second kappa shape index (κ2) is 4.90. The number of halogens is 1. The number of nitrogens with zero attached hydrogens (tertiary/aromatic N) is 2. The highest BCUT2D eigenvalue weighted by Gasteiger charge is 2.10. The van der Waals surface area contributed by atoms with E-state index in [1.807, 2.05) is 48.7 Å². The fourth-order valence-electron chi connectivity index (χ4n) is 1.69. The van der Waals surface area contributed by atoms with Crippen LogP contribution >= 0.6 is 11.6 Å². The molecule has 0 unspecified atom stereocenters. The van der Waals surface area contributed by atoms with Crippen molar-refractivity contribution in [3.8, 4) is 0 Å². The van der Waals surface area contributed by atoms with Gasteiger partial charge in [-0.3, -0.25) is 4.40 Å². The molecule has 4 heteroatoms. The highest BCUT2D eigenvalue weighted by Crippen LogP contribution is 2.22. The van der Waals surface area contributed by atoms with Gasteiger partial charge in [-0.1, -0.05) is 31.5 Å². The zero-order valence-electron chi connectivity index (χ0n) is 9.89. The van der Waals surface area contributed by atoms with Gasteiger partial charge in [0.1, 0.15) is 5.65 Å². The Hall–Kier alpha value is -1.32. The molecule has 0 radical (unpaired) electrons. The Morgan fingerprint density at radius 2 is 2.29 bits per heavy atom. The molecule has 0 aliphatic carbocycles. The van der Waals surface area contributed by atoms with Gasteiger partial charge in [-0.15, -0.1) is 0 Å². The third kappa shape index (κ3) is 2.35. The predicted octanol–water partition coefficient (Wildman–Crippen LogP) is 3.02. The van der Waals surface area contributed by atoms with E-state index < -0.39 is 0 Å².